The van der Waals surface area contributed by atoms with Crippen molar-refractivity contribution >= 4 is 94.9 Å². The van der Waals surface area contributed by atoms with E-state index in [4.69, 9.17) is 90.5 Å². The first kappa shape index (κ1) is 108. The summed E-state index contributed by atoms with van der Waals surface area (Å²) in [5.74, 6) is -8.38. The van der Waals surface area contributed by atoms with Gasteiger partial charge in [-0.3, -0.25) is 81.6 Å². The number of esters is 6. The van der Waals surface area contributed by atoms with Crippen LogP contribution in [-0.4, -0.2) is 328 Å². The molecule has 45 nitrogen and oxygen atoms in total. The van der Waals surface area contributed by atoms with Crippen LogP contribution >= 0.6 is 0 Å². The molecule has 6 rings (SSSR count). The lowest BCUT2D eigenvalue weighted by molar-refractivity contribution is -0.254. The minimum Gasteiger partial charge on any atom is -0.481 e. The molecule has 45 heteroatoms. The maximum absolute atomic E-state index is 14.0. The van der Waals surface area contributed by atoms with E-state index >= 15 is 0 Å². The maximum atomic E-state index is 14.0. The highest BCUT2D eigenvalue weighted by molar-refractivity contribution is 5.79. The third-order valence-electron chi connectivity index (χ3n) is 21.1. The number of fused-ring (bicyclic) bond motifs is 6. The Kier molecular flexibility index (Phi) is 47.6. The molecular formula is C83H134N10O35. The van der Waals surface area contributed by atoms with Gasteiger partial charge in [-0.25, -0.2) is 5.48 Å². The molecule has 6 bridgehead atoms. The van der Waals surface area contributed by atoms with Crippen LogP contribution in [0.25, 0.3) is 0 Å². The number of carbonyl (C=O) groups is 16. The maximum Gasteiger partial charge on any atom is 0.303 e. The topological polar surface area (TPSA) is 580 Å². The van der Waals surface area contributed by atoms with Gasteiger partial charge in [0.1, 0.15) is 30.3 Å². The van der Waals surface area contributed by atoms with Gasteiger partial charge >= 0.3 is 41.8 Å². The molecule has 0 spiro atoms. The second kappa shape index (κ2) is 56.6. The lowest BCUT2D eigenvalue weighted by atomic mass is 9.87. The van der Waals surface area contributed by atoms with Gasteiger partial charge in [-0.05, 0) is 57.8 Å². The van der Waals surface area contributed by atoms with E-state index in [1.54, 1.807) is 0 Å². The van der Waals surface area contributed by atoms with E-state index in [-0.39, 0.29) is 206 Å². The van der Waals surface area contributed by atoms with Crippen LogP contribution in [0.4, 0.5) is 0 Å². The number of carboxylic acids is 1. The van der Waals surface area contributed by atoms with Crippen LogP contribution < -0.4 is 53.3 Å². The molecule has 6 aliphatic rings. The second-order valence-electron chi connectivity index (χ2n) is 32.5. The molecule has 0 aromatic carbocycles. The molecule has 6 saturated heterocycles. The lowest BCUT2D eigenvalue weighted by Gasteiger charge is -2.45. The van der Waals surface area contributed by atoms with Crippen molar-refractivity contribution < 1.29 is 167 Å². The summed E-state index contributed by atoms with van der Waals surface area (Å²) in [4.78, 5) is 206. The third kappa shape index (κ3) is 38.2. The average Bonchev–Trinajstić information content (AvgIpc) is 1.59. The van der Waals surface area contributed by atoms with E-state index in [0.29, 0.717) is 57.8 Å². The molecule has 15 atom stereocenters. The first-order chi connectivity index (χ1) is 61.1. The number of ether oxygens (including phenoxy) is 17. The first-order valence-electron chi connectivity index (χ1n) is 43.9. The zero-order chi connectivity index (χ0) is 93.7. The number of carbonyl (C=O) groups excluding carboxylic acids is 15. The fourth-order valence-electron chi connectivity index (χ4n) is 15.3. The number of hydrogen-bond donors (Lipinski definition) is 11. The molecule has 0 aromatic rings. The van der Waals surface area contributed by atoms with Crippen molar-refractivity contribution in [3.8, 4) is 0 Å². The van der Waals surface area contributed by atoms with E-state index in [1.807, 2.05) is 0 Å². The van der Waals surface area contributed by atoms with Crippen molar-refractivity contribution in [1.82, 2.24) is 53.3 Å². The van der Waals surface area contributed by atoms with Gasteiger partial charge in [0.05, 0.1) is 72.7 Å². The minimum atomic E-state index is -1.45. The zero-order valence-electron chi connectivity index (χ0n) is 75.0. The minimum absolute atomic E-state index is 0.0949. The van der Waals surface area contributed by atoms with Gasteiger partial charge in [0.25, 0.3) is 0 Å². The second-order valence-corrected chi connectivity index (χ2v) is 32.5. The molecular weight excluding hydrogens is 1700 g/mol. The van der Waals surface area contributed by atoms with Crippen LogP contribution in [0, 0.1) is 0 Å². The standard InChI is InChI=1S/C83H134N10O35/c1-52(94)90-68-71(120-55(4)97)74(123-58(7)100)81(48-116-77(68)126-81)46-111-38-20-18-25-61(103)84-32-22-34-86-63(105)29-40-113-43-80(93-66(108)27-16-14-12-10-11-13-15-17-28-67(109)110,45-115-42-31-65(107)88-36-24-37-89-119-51-83-50-118-79(128-83)70(92-54(3)96)73(122-57(6)99)76(83)125-60(9)102)44-114-41-30-64(106)87-35-23-33-85-62(104)26-19-21-39-112-47-82-49-117-78(127-82)69(91-53(2)95)72(121-56(5)98)75(82)124-59(8)101/h68-79,89H,10-51H2,1-9H3,(H,84,103)(H,85,104)(H,86,105)(H,87,106)(H,88,107)(H,90,94)(H,91,95)(H,92,96)(H,93,108)(H,109,110)/t68-,69-,70-,71-,72-,73-,74-,75-,76-,77+,78+,79+,81+,82+,83-/m1/s1. The molecule has 128 heavy (non-hydrogen) atoms. The SMILES string of the molecule is CC(=O)N[C@H]1[C@H]2OC[C@](COCCCCC(=O)NCCCNC(=O)CCOCC(COCCC(=O)NCCCNOC[C@@]34CO[C@@H](O3)[C@H](NC(C)=O)[C@@H](OC(C)=O)[C@H]4OC(C)=O)(COCCC(=O)NCCCNC(=O)CCCCOC[C@@]34CO[C@@H](O3)[C@H](NC(C)=O)[C@@H](OC(C)=O)[C@H]4OC(C)=O)NC(=O)CCCCCCCCCCC(=O)O)(O2)[C@H](OC(C)=O)[C@@H]1OC(C)=O. The van der Waals surface area contributed by atoms with Gasteiger partial charge in [0, 0.05) is 160 Å². The first-order valence-corrected chi connectivity index (χ1v) is 43.9. The molecule has 9 amide bonds. The molecule has 6 aliphatic heterocycles. The van der Waals surface area contributed by atoms with Gasteiger partial charge < -0.3 is 133 Å². The van der Waals surface area contributed by atoms with Crippen molar-refractivity contribution in [2.75, 3.05) is 132 Å². The monoisotopic (exact) mass is 1830 g/mol. The summed E-state index contributed by atoms with van der Waals surface area (Å²) < 4.78 is 99.6. The Labute approximate surface area is 744 Å². The fourth-order valence-corrected chi connectivity index (χ4v) is 15.3. The molecule has 6 fully saturated rings. The summed E-state index contributed by atoms with van der Waals surface area (Å²) in [6, 6.07) is -2.96. The van der Waals surface area contributed by atoms with Gasteiger partial charge in [0.15, 0.2) is 72.3 Å². The van der Waals surface area contributed by atoms with E-state index in [0.717, 1.165) is 45.4 Å². The van der Waals surface area contributed by atoms with Gasteiger partial charge in [-0.1, -0.05) is 38.5 Å². The van der Waals surface area contributed by atoms with Crippen molar-refractivity contribution in [2.45, 2.75) is 300 Å². The summed E-state index contributed by atoms with van der Waals surface area (Å²) in [5, 5.41) is 34.1. The van der Waals surface area contributed by atoms with Crippen molar-refractivity contribution in [1.29, 1.82) is 0 Å². The van der Waals surface area contributed by atoms with E-state index in [9.17, 15) is 76.7 Å². The van der Waals surface area contributed by atoms with Gasteiger partial charge in [-0.2, -0.15) is 0 Å². The van der Waals surface area contributed by atoms with Crippen LogP contribution in [0.15, 0.2) is 0 Å². The Morgan fingerprint density at radius 1 is 0.320 bits per heavy atom. The Morgan fingerprint density at radius 3 is 0.930 bits per heavy atom. The number of carboxylic acid groups (broad SMARTS) is 1. The molecule has 0 aliphatic carbocycles. The van der Waals surface area contributed by atoms with Crippen LogP contribution in [-0.2, 0) is 162 Å². The lowest BCUT2D eigenvalue weighted by Crippen LogP contribution is -2.68. The van der Waals surface area contributed by atoms with Crippen LogP contribution in [0.2, 0.25) is 0 Å². The van der Waals surface area contributed by atoms with Gasteiger partial charge in [-0.15, -0.1) is 0 Å². The molecule has 11 N–H and O–H groups in total. The largest absolute Gasteiger partial charge is 0.481 e. The summed E-state index contributed by atoms with van der Waals surface area (Å²) in [5.41, 5.74) is -2.82. The summed E-state index contributed by atoms with van der Waals surface area (Å²) in [7, 11) is 0. The highest BCUT2D eigenvalue weighted by Gasteiger charge is 2.66. The Hall–Kier alpha value is -9.00. The molecule has 0 radical (unpaired) electrons. The number of amides is 9. The molecule has 0 aromatic heterocycles. The summed E-state index contributed by atoms with van der Waals surface area (Å²) >= 11 is 0. The molecule has 0 saturated carbocycles. The average molecular weight is 1830 g/mol. The highest BCUT2D eigenvalue weighted by atomic mass is 16.8. The van der Waals surface area contributed by atoms with Crippen molar-refractivity contribution in [3.05, 3.63) is 0 Å². The molecule has 726 valence electrons. The third-order valence-corrected chi connectivity index (χ3v) is 21.1. The Morgan fingerprint density at radius 2 is 0.609 bits per heavy atom. The number of rotatable bonds is 65. The van der Waals surface area contributed by atoms with Crippen LogP contribution in [0.5, 0.6) is 0 Å². The predicted octanol–water partition coefficient (Wildman–Crippen LogP) is -0.826. The van der Waals surface area contributed by atoms with E-state index in [2.05, 4.69) is 53.3 Å². The smallest absolute Gasteiger partial charge is 0.303 e. The number of hydroxylamine groups is 1. The van der Waals surface area contributed by atoms with Crippen LogP contribution in [0.3, 0.4) is 0 Å². The summed E-state index contributed by atoms with van der Waals surface area (Å²) in [6.45, 7) is 10.4. The van der Waals surface area contributed by atoms with E-state index < -0.39 is 161 Å². The van der Waals surface area contributed by atoms with E-state index in [1.165, 1.54) is 55.4 Å². The highest BCUT2D eigenvalue weighted by Crippen LogP contribution is 2.44. The molecule has 0 unspecified atom stereocenters. The number of nitrogens with one attached hydrogen (secondary N) is 10. The van der Waals surface area contributed by atoms with Crippen molar-refractivity contribution in [2.24, 2.45) is 0 Å². The van der Waals surface area contributed by atoms with Crippen molar-refractivity contribution in [3.63, 3.8) is 0 Å². The summed E-state index contributed by atoms with van der Waals surface area (Å²) in [6.07, 6.45) is -1.01. The Bertz CT molecular complexity index is 3480. The van der Waals surface area contributed by atoms with Crippen LogP contribution in [0.1, 0.15) is 204 Å². The normalized spacial score (nSPS) is 25.0. The number of unbranched alkanes of at least 4 members (excludes halogenated alkanes) is 9. The quantitative estimate of drug-likeness (QED) is 0.0153. The van der Waals surface area contributed by atoms with Gasteiger partial charge in [0.2, 0.25) is 53.2 Å². The number of hydrogen-bond acceptors (Lipinski definition) is 35. The Balaban J connectivity index is 0.977. The zero-order valence-corrected chi connectivity index (χ0v) is 75.0. The fraction of sp³-hybridized carbons (Fsp3) is 0.807. The predicted molar refractivity (Wildman–Crippen MR) is 440 cm³/mol. The number of aliphatic carboxylic acids is 1. The molecule has 6 heterocycles.